The highest BCUT2D eigenvalue weighted by Gasteiger charge is 2.34. The number of rotatable bonds is 5. The summed E-state index contributed by atoms with van der Waals surface area (Å²) >= 11 is 0. The van der Waals surface area contributed by atoms with Gasteiger partial charge in [0.1, 0.15) is 0 Å². The molecule has 2 fully saturated rings. The van der Waals surface area contributed by atoms with Crippen LogP contribution >= 0.6 is 0 Å². The van der Waals surface area contributed by atoms with Crippen LogP contribution in [-0.2, 0) is 10.8 Å². The Labute approximate surface area is 125 Å². The van der Waals surface area contributed by atoms with Crippen molar-refractivity contribution in [3.8, 4) is 0 Å². The quantitative estimate of drug-likeness (QED) is 0.603. The van der Waals surface area contributed by atoms with Gasteiger partial charge in [-0.25, -0.2) is 0 Å². The van der Waals surface area contributed by atoms with E-state index >= 15 is 0 Å². The standard InChI is InChI=1S/C15H29N3OS/c1-4-16-15(18-14-9-11(14)3)17-12-7-6-8-13(10-12)20(19)5-2/h11-14H,4-10H2,1-3H3,(H2,16,17,18). The molecule has 0 radical (unpaired) electrons. The lowest BCUT2D eigenvalue weighted by Crippen LogP contribution is -2.47. The molecular weight excluding hydrogens is 270 g/mol. The Kier molecular flexibility index (Phi) is 5.87. The third-order valence-corrected chi connectivity index (χ3v) is 6.11. The van der Waals surface area contributed by atoms with Gasteiger partial charge in [0.05, 0.1) is 0 Å². The summed E-state index contributed by atoms with van der Waals surface area (Å²) in [7, 11) is -0.657. The molecule has 0 heterocycles. The Morgan fingerprint density at radius 3 is 2.60 bits per heavy atom. The largest absolute Gasteiger partial charge is 0.354 e. The first kappa shape index (κ1) is 15.8. The molecule has 0 aliphatic heterocycles. The minimum absolute atomic E-state index is 0.369. The SMILES string of the molecule is CCN=C(NC1CCCC(S(=O)CC)C1)NC1CC1C. The third kappa shape index (κ3) is 4.47. The van der Waals surface area contributed by atoms with Gasteiger partial charge in [0, 0.05) is 40.4 Å². The summed E-state index contributed by atoms with van der Waals surface area (Å²) in [5.41, 5.74) is 0. The smallest absolute Gasteiger partial charge is 0.191 e. The van der Waals surface area contributed by atoms with Gasteiger partial charge in [-0.05, 0) is 38.5 Å². The van der Waals surface area contributed by atoms with Crippen LogP contribution in [0.4, 0.5) is 0 Å². The molecule has 5 unspecified atom stereocenters. The van der Waals surface area contributed by atoms with E-state index in [1.54, 1.807) is 0 Å². The minimum Gasteiger partial charge on any atom is -0.354 e. The van der Waals surface area contributed by atoms with Gasteiger partial charge < -0.3 is 10.6 Å². The molecule has 0 saturated heterocycles. The Balaban J connectivity index is 1.86. The Morgan fingerprint density at radius 1 is 1.25 bits per heavy atom. The summed E-state index contributed by atoms with van der Waals surface area (Å²) in [6, 6.07) is 1.02. The third-order valence-electron chi connectivity index (χ3n) is 4.37. The van der Waals surface area contributed by atoms with E-state index in [1.165, 1.54) is 19.3 Å². The van der Waals surface area contributed by atoms with Gasteiger partial charge in [0.25, 0.3) is 0 Å². The average Bonchev–Trinajstić information content (AvgIpc) is 3.13. The van der Waals surface area contributed by atoms with E-state index in [-0.39, 0.29) is 0 Å². The number of nitrogens with one attached hydrogen (secondary N) is 2. The summed E-state index contributed by atoms with van der Waals surface area (Å²) in [5.74, 6) is 2.51. The van der Waals surface area contributed by atoms with Crippen LogP contribution in [0.5, 0.6) is 0 Å². The Hall–Kier alpha value is -0.580. The minimum atomic E-state index is -0.657. The monoisotopic (exact) mass is 299 g/mol. The molecule has 4 nitrogen and oxygen atoms in total. The van der Waals surface area contributed by atoms with E-state index in [2.05, 4.69) is 29.5 Å². The van der Waals surface area contributed by atoms with E-state index in [9.17, 15) is 4.21 Å². The zero-order chi connectivity index (χ0) is 14.5. The molecule has 20 heavy (non-hydrogen) atoms. The normalized spacial score (nSPS) is 35.5. The van der Waals surface area contributed by atoms with Gasteiger partial charge in [-0.15, -0.1) is 0 Å². The van der Waals surface area contributed by atoms with Crippen molar-refractivity contribution >= 4 is 16.8 Å². The molecule has 2 aliphatic rings. The van der Waals surface area contributed by atoms with Crippen LogP contribution in [0.15, 0.2) is 4.99 Å². The van der Waals surface area contributed by atoms with E-state index in [1.807, 2.05) is 6.92 Å². The van der Waals surface area contributed by atoms with Crippen LogP contribution in [0.1, 0.15) is 52.9 Å². The first-order chi connectivity index (χ1) is 9.63. The number of nitrogens with zero attached hydrogens (tertiary/aromatic N) is 1. The second-order valence-electron chi connectivity index (χ2n) is 6.09. The van der Waals surface area contributed by atoms with Crippen molar-refractivity contribution in [1.29, 1.82) is 0 Å². The average molecular weight is 299 g/mol. The van der Waals surface area contributed by atoms with Crippen molar-refractivity contribution < 1.29 is 4.21 Å². The highest BCUT2D eigenvalue weighted by atomic mass is 32.2. The molecule has 0 bridgehead atoms. The van der Waals surface area contributed by atoms with Gasteiger partial charge in [-0.3, -0.25) is 9.20 Å². The molecule has 2 rings (SSSR count). The van der Waals surface area contributed by atoms with Gasteiger partial charge in [0.15, 0.2) is 5.96 Å². The fourth-order valence-electron chi connectivity index (χ4n) is 2.93. The van der Waals surface area contributed by atoms with Crippen LogP contribution in [0.3, 0.4) is 0 Å². The van der Waals surface area contributed by atoms with Crippen LogP contribution in [0.2, 0.25) is 0 Å². The summed E-state index contributed by atoms with van der Waals surface area (Å²) in [6.07, 6.45) is 5.73. The number of hydrogen-bond acceptors (Lipinski definition) is 2. The summed E-state index contributed by atoms with van der Waals surface area (Å²) in [6.45, 7) is 7.15. The van der Waals surface area contributed by atoms with Gasteiger partial charge in [0.2, 0.25) is 0 Å². The molecule has 116 valence electrons. The number of hydrogen-bond donors (Lipinski definition) is 2. The maximum absolute atomic E-state index is 12.0. The Morgan fingerprint density at radius 2 is 2.00 bits per heavy atom. The molecular formula is C15H29N3OS. The first-order valence-electron chi connectivity index (χ1n) is 8.08. The van der Waals surface area contributed by atoms with Crippen molar-refractivity contribution in [3.63, 3.8) is 0 Å². The molecule has 2 aliphatic carbocycles. The zero-order valence-corrected chi connectivity index (χ0v) is 13.8. The highest BCUT2D eigenvalue weighted by molar-refractivity contribution is 7.85. The van der Waals surface area contributed by atoms with E-state index < -0.39 is 10.8 Å². The Bertz CT molecular complexity index is 372. The van der Waals surface area contributed by atoms with Crippen LogP contribution in [0.25, 0.3) is 0 Å². The van der Waals surface area contributed by atoms with Gasteiger partial charge in [-0.1, -0.05) is 20.3 Å². The molecule has 5 heteroatoms. The van der Waals surface area contributed by atoms with Crippen LogP contribution in [0, 0.1) is 5.92 Å². The second-order valence-corrected chi connectivity index (χ2v) is 8.09. The van der Waals surface area contributed by atoms with E-state index in [4.69, 9.17) is 0 Å². The zero-order valence-electron chi connectivity index (χ0n) is 13.0. The van der Waals surface area contributed by atoms with Crippen LogP contribution < -0.4 is 10.6 Å². The van der Waals surface area contributed by atoms with Crippen LogP contribution in [-0.4, -0.2) is 39.8 Å². The lowest BCUT2D eigenvalue weighted by atomic mass is 9.95. The molecule has 0 aromatic heterocycles. The number of guanidine groups is 1. The highest BCUT2D eigenvalue weighted by Crippen LogP contribution is 2.29. The first-order valence-corrected chi connectivity index (χ1v) is 9.46. The summed E-state index contributed by atoms with van der Waals surface area (Å²) in [4.78, 5) is 4.54. The van der Waals surface area contributed by atoms with Crippen molar-refractivity contribution in [1.82, 2.24) is 10.6 Å². The van der Waals surface area contributed by atoms with Crippen molar-refractivity contribution in [2.24, 2.45) is 10.9 Å². The molecule has 0 spiro atoms. The van der Waals surface area contributed by atoms with Crippen molar-refractivity contribution in [2.45, 2.75) is 70.2 Å². The fourth-order valence-corrected chi connectivity index (χ4v) is 4.28. The topological polar surface area (TPSA) is 53.5 Å². The van der Waals surface area contributed by atoms with Gasteiger partial charge in [-0.2, -0.15) is 0 Å². The van der Waals surface area contributed by atoms with Crippen molar-refractivity contribution in [2.75, 3.05) is 12.3 Å². The summed E-state index contributed by atoms with van der Waals surface area (Å²) < 4.78 is 12.0. The van der Waals surface area contributed by atoms with E-state index in [0.29, 0.717) is 17.3 Å². The maximum Gasteiger partial charge on any atom is 0.191 e. The van der Waals surface area contributed by atoms with Gasteiger partial charge >= 0.3 is 0 Å². The molecule has 5 atom stereocenters. The number of aliphatic imine (C=N–C) groups is 1. The molecule has 0 amide bonds. The lowest BCUT2D eigenvalue weighted by Gasteiger charge is -2.30. The molecule has 2 saturated carbocycles. The molecule has 2 N–H and O–H groups in total. The maximum atomic E-state index is 12.0. The molecule has 0 aromatic carbocycles. The lowest BCUT2D eigenvalue weighted by molar-refractivity contribution is 0.413. The van der Waals surface area contributed by atoms with E-state index in [0.717, 1.165) is 37.0 Å². The van der Waals surface area contributed by atoms with Crippen molar-refractivity contribution in [3.05, 3.63) is 0 Å². The predicted octanol–water partition coefficient (Wildman–Crippen LogP) is 2.03. The molecule has 0 aromatic rings. The predicted molar refractivity (Wildman–Crippen MR) is 86.5 cm³/mol. The second kappa shape index (κ2) is 7.43. The summed E-state index contributed by atoms with van der Waals surface area (Å²) in [5, 5.41) is 7.44. The fraction of sp³-hybridized carbons (Fsp3) is 0.933.